The minimum atomic E-state index is -0.786. The number of ether oxygens (including phenoxy) is 1. The summed E-state index contributed by atoms with van der Waals surface area (Å²) in [4.78, 5) is 12.3. The maximum Gasteiger partial charge on any atom is 0.240 e. The van der Waals surface area contributed by atoms with Crippen LogP contribution in [0.3, 0.4) is 0 Å². The summed E-state index contributed by atoms with van der Waals surface area (Å²) >= 11 is 0. The number of nitrogens with zero attached hydrogens (tertiary/aromatic N) is 1. The fraction of sp³-hybridized carbons (Fsp3) is 0.846. The molecule has 0 spiro atoms. The molecule has 2 fully saturated rings. The van der Waals surface area contributed by atoms with Crippen LogP contribution in [0.5, 0.6) is 0 Å². The molecule has 1 amide bonds. The molecule has 1 aliphatic heterocycles. The van der Waals surface area contributed by atoms with E-state index in [-0.39, 0.29) is 17.6 Å². The van der Waals surface area contributed by atoms with Gasteiger partial charge in [-0.2, -0.15) is 5.26 Å². The Morgan fingerprint density at radius 2 is 2.06 bits per heavy atom. The molecular weight excluding hydrogens is 216 g/mol. The van der Waals surface area contributed by atoms with Crippen molar-refractivity contribution in [3.63, 3.8) is 0 Å². The predicted octanol–water partition coefficient (Wildman–Crippen LogP) is 1.75. The van der Waals surface area contributed by atoms with E-state index in [0.717, 1.165) is 19.3 Å². The topological polar surface area (TPSA) is 62.1 Å². The number of rotatable bonds is 2. The van der Waals surface area contributed by atoms with Crippen molar-refractivity contribution < 1.29 is 9.53 Å². The second kappa shape index (κ2) is 4.30. The van der Waals surface area contributed by atoms with E-state index in [4.69, 9.17) is 4.74 Å². The van der Waals surface area contributed by atoms with Crippen molar-refractivity contribution in [2.45, 2.75) is 57.6 Å². The van der Waals surface area contributed by atoms with Crippen molar-refractivity contribution in [1.82, 2.24) is 5.32 Å². The Kier molecular flexibility index (Phi) is 3.13. The van der Waals surface area contributed by atoms with Gasteiger partial charge in [-0.1, -0.05) is 12.8 Å². The first-order chi connectivity index (χ1) is 8.02. The van der Waals surface area contributed by atoms with Gasteiger partial charge in [0.15, 0.2) is 0 Å². The Labute approximate surface area is 102 Å². The molecule has 1 N–H and O–H groups in total. The van der Waals surface area contributed by atoms with Gasteiger partial charge in [0.2, 0.25) is 5.91 Å². The highest BCUT2D eigenvalue weighted by Gasteiger charge is 2.46. The fourth-order valence-corrected chi connectivity index (χ4v) is 2.75. The standard InChI is InChI=1S/C13H20N2O2/c1-10-12(2,7-8-17-10)15-11(16)13(9-14)5-3-4-6-13/h10H,3-8H2,1-2H3,(H,15,16). The summed E-state index contributed by atoms with van der Waals surface area (Å²) in [6.45, 7) is 4.65. The molecule has 2 rings (SSSR count). The van der Waals surface area contributed by atoms with E-state index < -0.39 is 5.41 Å². The molecule has 94 valence electrons. The van der Waals surface area contributed by atoms with Crippen LogP contribution in [-0.4, -0.2) is 24.2 Å². The van der Waals surface area contributed by atoms with Crippen LogP contribution < -0.4 is 5.32 Å². The minimum Gasteiger partial charge on any atom is -0.376 e. The number of carbonyl (C=O) groups excluding carboxylic acids is 1. The van der Waals surface area contributed by atoms with Gasteiger partial charge in [-0.05, 0) is 33.1 Å². The van der Waals surface area contributed by atoms with Crippen molar-refractivity contribution in [2.24, 2.45) is 5.41 Å². The van der Waals surface area contributed by atoms with Crippen molar-refractivity contribution in [3.8, 4) is 6.07 Å². The van der Waals surface area contributed by atoms with Gasteiger partial charge in [0.25, 0.3) is 0 Å². The monoisotopic (exact) mass is 236 g/mol. The Morgan fingerprint density at radius 3 is 2.53 bits per heavy atom. The van der Waals surface area contributed by atoms with E-state index in [1.54, 1.807) is 0 Å². The van der Waals surface area contributed by atoms with Crippen LogP contribution in [0.2, 0.25) is 0 Å². The molecule has 1 saturated heterocycles. The maximum atomic E-state index is 12.3. The number of carbonyl (C=O) groups is 1. The first-order valence-electron chi connectivity index (χ1n) is 6.38. The predicted molar refractivity (Wildman–Crippen MR) is 63.1 cm³/mol. The molecule has 4 heteroatoms. The summed E-state index contributed by atoms with van der Waals surface area (Å²) in [5.74, 6) is -0.0997. The lowest BCUT2D eigenvalue weighted by molar-refractivity contribution is -0.130. The first-order valence-corrected chi connectivity index (χ1v) is 6.38. The third kappa shape index (κ3) is 2.04. The van der Waals surface area contributed by atoms with Gasteiger partial charge in [0.05, 0.1) is 17.7 Å². The van der Waals surface area contributed by atoms with E-state index >= 15 is 0 Å². The van der Waals surface area contributed by atoms with Gasteiger partial charge in [0, 0.05) is 6.61 Å². The van der Waals surface area contributed by atoms with Gasteiger partial charge in [-0.25, -0.2) is 0 Å². The Bertz CT molecular complexity index is 355. The van der Waals surface area contributed by atoms with Crippen LogP contribution >= 0.6 is 0 Å². The number of hydrogen-bond donors (Lipinski definition) is 1. The smallest absolute Gasteiger partial charge is 0.240 e. The molecule has 0 aromatic carbocycles. The molecule has 17 heavy (non-hydrogen) atoms. The molecular formula is C13H20N2O2. The largest absolute Gasteiger partial charge is 0.376 e. The normalized spacial score (nSPS) is 35.5. The zero-order chi connectivity index (χ0) is 12.5. The van der Waals surface area contributed by atoms with Gasteiger partial charge in [-0.3, -0.25) is 4.79 Å². The van der Waals surface area contributed by atoms with Crippen LogP contribution in [0.1, 0.15) is 46.0 Å². The number of nitrogens with one attached hydrogen (secondary N) is 1. The van der Waals surface area contributed by atoms with Crippen LogP contribution in [-0.2, 0) is 9.53 Å². The first kappa shape index (κ1) is 12.4. The van der Waals surface area contributed by atoms with E-state index in [1.807, 2.05) is 13.8 Å². The summed E-state index contributed by atoms with van der Waals surface area (Å²) < 4.78 is 5.50. The zero-order valence-electron chi connectivity index (χ0n) is 10.6. The zero-order valence-corrected chi connectivity index (χ0v) is 10.6. The number of nitriles is 1. The highest BCUT2D eigenvalue weighted by atomic mass is 16.5. The SMILES string of the molecule is CC1OCCC1(C)NC(=O)C1(C#N)CCCC1. The molecule has 2 atom stereocenters. The van der Waals surface area contributed by atoms with Gasteiger partial charge in [-0.15, -0.1) is 0 Å². The van der Waals surface area contributed by atoms with Crippen LogP contribution in [0.4, 0.5) is 0 Å². The number of hydrogen-bond acceptors (Lipinski definition) is 3. The van der Waals surface area contributed by atoms with E-state index in [9.17, 15) is 10.1 Å². The second-order valence-electron chi connectivity index (χ2n) is 5.54. The lowest BCUT2D eigenvalue weighted by Gasteiger charge is -2.32. The second-order valence-corrected chi connectivity index (χ2v) is 5.54. The fourth-order valence-electron chi connectivity index (χ4n) is 2.75. The molecule has 0 aromatic heterocycles. The van der Waals surface area contributed by atoms with Gasteiger partial charge >= 0.3 is 0 Å². The molecule has 0 bridgehead atoms. The molecule has 0 radical (unpaired) electrons. The minimum absolute atomic E-state index is 0.0172. The van der Waals surface area contributed by atoms with Crippen LogP contribution in [0, 0.1) is 16.7 Å². The lowest BCUT2D eigenvalue weighted by Crippen LogP contribution is -2.54. The van der Waals surface area contributed by atoms with Gasteiger partial charge in [0.1, 0.15) is 5.41 Å². The summed E-state index contributed by atoms with van der Waals surface area (Å²) in [5.41, 5.74) is -1.10. The van der Waals surface area contributed by atoms with Crippen LogP contribution in [0.25, 0.3) is 0 Å². The summed E-state index contributed by atoms with van der Waals surface area (Å²) in [7, 11) is 0. The molecule has 2 unspecified atom stereocenters. The van der Waals surface area contributed by atoms with E-state index in [2.05, 4.69) is 11.4 Å². The average Bonchev–Trinajstić information content (AvgIpc) is 2.88. The Balaban J connectivity index is 2.09. The summed E-state index contributed by atoms with van der Waals surface area (Å²) in [6.07, 6.45) is 4.18. The Morgan fingerprint density at radius 1 is 1.41 bits per heavy atom. The molecule has 1 saturated carbocycles. The van der Waals surface area contributed by atoms with Crippen molar-refractivity contribution in [2.75, 3.05) is 6.61 Å². The van der Waals surface area contributed by atoms with Crippen molar-refractivity contribution in [1.29, 1.82) is 5.26 Å². The highest BCUT2D eigenvalue weighted by molar-refractivity contribution is 5.86. The third-order valence-electron chi connectivity index (χ3n) is 4.39. The van der Waals surface area contributed by atoms with Crippen LogP contribution in [0.15, 0.2) is 0 Å². The van der Waals surface area contributed by atoms with Crippen molar-refractivity contribution in [3.05, 3.63) is 0 Å². The third-order valence-corrected chi connectivity index (χ3v) is 4.39. The average molecular weight is 236 g/mol. The summed E-state index contributed by atoms with van der Waals surface area (Å²) in [6, 6.07) is 2.23. The van der Waals surface area contributed by atoms with Gasteiger partial charge < -0.3 is 10.1 Å². The summed E-state index contributed by atoms with van der Waals surface area (Å²) in [5, 5.41) is 12.3. The molecule has 1 heterocycles. The lowest BCUT2D eigenvalue weighted by atomic mass is 9.84. The van der Waals surface area contributed by atoms with E-state index in [1.165, 1.54) is 0 Å². The molecule has 0 aromatic rings. The molecule has 4 nitrogen and oxygen atoms in total. The highest BCUT2D eigenvalue weighted by Crippen LogP contribution is 2.38. The van der Waals surface area contributed by atoms with Crippen molar-refractivity contribution >= 4 is 5.91 Å². The molecule has 2 aliphatic rings. The van der Waals surface area contributed by atoms with E-state index in [0.29, 0.717) is 19.4 Å². The Hall–Kier alpha value is -1.08. The molecule has 1 aliphatic carbocycles. The number of amides is 1. The maximum absolute atomic E-state index is 12.3. The quantitative estimate of drug-likeness (QED) is 0.794.